The van der Waals surface area contributed by atoms with E-state index in [0.717, 1.165) is 24.2 Å². The Bertz CT molecular complexity index is 575. The lowest BCUT2D eigenvalue weighted by atomic mass is 10.1. The van der Waals surface area contributed by atoms with Crippen LogP contribution in [0.2, 0.25) is 0 Å². The normalized spacial score (nSPS) is 10.7. The van der Waals surface area contributed by atoms with Crippen LogP contribution in [0.1, 0.15) is 26.0 Å². The summed E-state index contributed by atoms with van der Waals surface area (Å²) in [7, 11) is 0. The van der Waals surface area contributed by atoms with E-state index in [1.807, 2.05) is 30.3 Å². The second-order valence-electron chi connectivity index (χ2n) is 5.01. The van der Waals surface area contributed by atoms with Gasteiger partial charge in [0, 0.05) is 17.4 Å². The number of H-pyrrole nitrogens is 1. The maximum atomic E-state index is 11.6. The molecule has 0 aliphatic rings. The van der Waals surface area contributed by atoms with Gasteiger partial charge in [-0.2, -0.15) is 0 Å². The Balaban J connectivity index is 2.15. The molecule has 0 aliphatic heterocycles. The minimum Gasteiger partial charge on any atom is -0.326 e. The Morgan fingerprint density at radius 3 is 2.68 bits per heavy atom. The second kappa shape index (κ2) is 6.18. The number of hydrogen-bond donors (Lipinski definition) is 2. The topological polar surface area (TPSA) is 57.8 Å². The highest BCUT2D eigenvalue weighted by atomic mass is 16.1. The van der Waals surface area contributed by atoms with Crippen LogP contribution >= 0.6 is 0 Å². The van der Waals surface area contributed by atoms with Gasteiger partial charge >= 0.3 is 0 Å². The van der Waals surface area contributed by atoms with Crippen LogP contribution in [0.5, 0.6) is 0 Å². The summed E-state index contributed by atoms with van der Waals surface area (Å²) in [4.78, 5) is 18.8. The van der Waals surface area contributed by atoms with E-state index >= 15 is 0 Å². The number of para-hydroxylation sites is 1. The summed E-state index contributed by atoms with van der Waals surface area (Å²) in [5, 5.41) is 3.11. The number of rotatable bonds is 5. The first-order valence-electron chi connectivity index (χ1n) is 6.56. The molecular formula is C15H19N3O. The molecule has 0 unspecified atom stereocenters. The van der Waals surface area contributed by atoms with Crippen LogP contribution in [-0.2, 0) is 6.42 Å². The fourth-order valence-corrected chi connectivity index (χ4v) is 1.79. The molecule has 0 saturated carbocycles. The summed E-state index contributed by atoms with van der Waals surface area (Å²) in [6.07, 6.45) is 1.85. The van der Waals surface area contributed by atoms with Crippen molar-refractivity contribution in [3.05, 3.63) is 52.4 Å². The lowest BCUT2D eigenvalue weighted by Gasteiger charge is -2.08. The Morgan fingerprint density at radius 1 is 1.26 bits per heavy atom. The first-order chi connectivity index (χ1) is 9.13. The largest absolute Gasteiger partial charge is 0.326 e. The monoisotopic (exact) mass is 257 g/mol. The van der Waals surface area contributed by atoms with Crippen molar-refractivity contribution in [2.24, 2.45) is 5.92 Å². The number of nitrogens with zero attached hydrogens (tertiary/aromatic N) is 1. The number of aromatic nitrogens is 2. The first-order valence-corrected chi connectivity index (χ1v) is 6.56. The van der Waals surface area contributed by atoms with Gasteiger partial charge in [0.25, 0.3) is 5.56 Å². The van der Waals surface area contributed by atoms with E-state index in [1.165, 1.54) is 0 Å². The van der Waals surface area contributed by atoms with E-state index in [2.05, 4.69) is 29.1 Å². The molecular weight excluding hydrogens is 238 g/mol. The van der Waals surface area contributed by atoms with E-state index in [0.29, 0.717) is 11.9 Å². The van der Waals surface area contributed by atoms with Crippen molar-refractivity contribution in [1.82, 2.24) is 9.97 Å². The van der Waals surface area contributed by atoms with Crippen LogP contribution in [0.4, 0.5) is 11.6 Å². The summed E-state index contributed by atoms with van der Waals surface area (Å²) in [6.45, 7) is 4.33. The quantitative estimate of drug-likeness (QED) is 0.865. The maximum Gasteiger partial charge on any atom is 0.252 e. The predicted octanol–water partition coefficient (Wildman–Crippen LogP) is 3.10. The highest BCUT2D eigenvalue weighted by molar-refractivity contribution is 5.52. The van der Waals surface area contributed by atoms with Crippen LogP contribution < -0.4 is 10.9 Å². The van der Waals surface area contributed by atoms with Crippen molar-refractivity contribution in [3.8, 4) is 0 Å². The summed E-state index contributed by atoms with van der Waals surface area (Å²) in [6, 6.07) is 11.2. The van der Waals surface area contributed by atoms with Crippen LogP contribution in [0.25, 0.3) is 0 Å². The van der Waals surface area contributed by atoms with Crippen molar-refractivity contribution >= 4 is 11.6 Å². The minimum absolute atomic E-state index is 0.118. The number of nitrogens with one attached hydrogen (secondary N) is 2. The molecule has 2 rings (SSSR count). The van der Waals surface area contributed by atoms with Gasteiger partial charge in [0.1, 0.15) is 0 Å². The number of benzene rings is 1. The molecule has 2 N–H and O–H groups in total. The Morgan fingerprint density at radius 2 is 2.00 bits per heavy atom. The number of anilines is 2. The van der Waals surface area contributed by atoms with E-state index in [4.69, 9.17) is 0 Å². The molecule has 0 radical (unpaired) electrons. The number of hydrogen-bond acceptors (Lipinski definition) is 3. The lowest BCUT2D eigenvalue weighted by molar-refractivity contribution is 0.581. The molecule has 1 aromatic heterocycles. The minimum atomic E-state index is -0.118. The van der Waals surface area contributed by atoms with Crippen molar-refractivity contribution in [2.45, 2.75) is 26.7 Å². The molecule has 0 atom stereocenters. The summed E-state index contributed by atoms with van der Waals surface area (Å²) in [5.41, 5.74) is 1.62. The molecule has 4 heteroatoms. The van der Waals surface area contributed by atoms with Gasteiger partial charge in [-0.15, -0.1) is 0 Å². The average Bonchev–Trinajstić information content (AvgIpc) is 2.37. The van der Waals surface area contributed by atoms with E-state index < -0.39 is 0 Å². The summed E-state index contributed by atoms with van der Waals surface area (Å²) in [5.74, 6) is 1.10. The van der Waals surface area contributed by atoms with Crippen molar-refractivity contribution in [3.63, 3.8) is 0 Å². The zero-order valence-corrected chi connectivity index (χ0v) is 11.3. The fourth-order valence-electron chi connectivity index (χ4n) is 1.79. The molecule has 1 aromatic carbocycles. The highest BCUT2D eigenvalue weighted by Gasteiger charge is 2.03. The Hall–Kier alpha value is -2.10. The molecule has 100 valence electrons. The summed E-state index contributed by atoms with van der Waals surface area (Å²) >= 11 is 0. The zero-order chi connectivity index (χ0) is 13.7. The smallest absolute Gasteiger partial charge is 0.252 e. The lowest BCUT2D eigenvalue weighted by Crippen LogP contribution is -2.12. The molecule has 0 amide bonds. The van der Waals surface area contributed by atoms with Gasteiger partial charge in [0.2, 0.25) is 5.95 Å². The SMILES string of the molecule is CC(C)CCc1cc(=O)[nH]c(Nc2ccccc2)n1. The van der Waals surface area contributed by atoms with Gasteiger partial charge in [-0.3, -0.25) is 9.78 Å². The van der Waals surface area contributed by atoms with Gasteiger partial charge in [0.05, 0.1) is 0 Å². The van der Waals surface area contributed by atoms with Gasteiger partial charge in [-0.25, -0.2) is 4.98 Å². The molecule has 19 heavy (non-hydrogen) atoms. The molecule has 1 heterocycles. The van der Waals surface area contributed by atoms with Gasteiger partial charge in [-0.05, 0) is 30.9 Å². The van der Waals surface area contributed by atoms with Gasteiger partial charge in [-0.1, -0.05) is 32.0 Å². The molecule has 0 aliphatic carbocycles. The van der Waals surface area contributed by atoms with Gasteiger partial charge in [0.15, 0.2) is 0 Å². The molecule has 4 nitrogen and oxygen atoms in total. The fraction of sp³-hybridized carbons (Fsp3) is 0.333. The number of aromatic amines is 1. The molecule has 2 aromatic rings. The molecule has 0 fully saturated rings. The van der Waals surface area contributed by atoms with Crippen molar-refractivity contribution < 1.29 is 0 Å². The number of aryl methyl sites for hydroxylation is 1. The third-order valence-corrected chi connectivity index (χ3v) is 2.81. The third kappa shape index (κ3) is 4.25. The summed E-state index contributed by atoms with van der Waals surface area (Å²) < 4.78 is 0. The van der Waals surface area contributed by atoms with Crippen LogP contribution in [0.3, 0.4) is 0 Å². The predicted molar refractivity (Wildman–Crippen MR) is 77.7 cm³/mol. The first kappa shape index (κ1) is 13.3. The molecule has 0 saturated heterocycles. The van der Waals surface area contributed by atoms with Crippen LogP contribution in [-0.4, -0.2) is 9.97 Å². The Kier molecular flexibility index (Phi) is 4.34. The standard InChI is InChI=1S/C15H19N3O/c1-11(2)8-9-13-10-14(19)18-15(17-13)16-12-6-4-3-5-7-12/h3-7,10-11H,8-9H2,1-2H3,(H2,16,17,18,19). The third-order valence-electron chi connectivity index (χ3n) is 2.81. The van der Waals surface area contributed by atoms with Crippen molar-refractivity contribution in [2.75, 3.05) is 5.32 Å². The highest BCUT2D eigenvalue weighted by Crippen LogP contribution is 2.12. The molecule has 0 bridgehead atoms. The molecule has 0 spiro atoms. The van der Waals surface area contributed by atoms with E-state index in [1.54, 1.807) is 6.07 Å². The maximum absolute atomic E-state index is 11.6. The van der Waals surface area contributed by atoms with Crippen LogP contribution in [0, 0.1) is 5.92 Å². The Labute approximate surface area is 112 Å². The zero-order valence-electron chi connectivity index (χ0n) is 11.3. The van der Waals surface area contributed by atoms with E-state index in [-0.39, 0.29) is 5.56 Å². The van der Waals surface area contributed by atoms with Crippen molar-refractivity contribution in [1.29, 1.82) is 0 Å². The van der Waals surface area contributed by atoms with Gasteiger partial charge < -0.3 is 5.32 Å². The average molecular weight is 257 g/mol. The van der Waals surface area contributed by atoms with E-state index in [9.17, 15) is 4.79 Å². The second-order valence-corrected chi connectivity index (χ2v) is 5.01. The van der Waals surface area contributed by atoms with Crippen LogP contribution in [0.15, 0.2) is 41.2 Å².